The van der Waals surface area contributed by atoms with Crippen LogP contribution in [0, 0.1) is 0 Å². The third kappa shape index (κ3) is 31.6. The number of hydrogen-bond donors (Lipinski definition) is 5. The first-order valence-electron chi connectivity index (χ1n) is 16.0. The lowest BCUT2D eigenvalue weighted by molar-refractivity contribution is -0.224. The lowest BCUT2D eigenvalue weighted by atomic mass is 10.2. The SMILES string of the molecule is CF.COP(=O)([O-])OCCCCCCN.COP(=O)([O-])OCCCCCCNC(=O)c1ccc(NS(=O)[O-])cc1.O=C(O)c1ccc(NS(=O)[O-])cc1.[2H]O. The van der Waals surface area contributed by atoms with E-state index in [2.05, 4.69) is 32.9 Å². The fraction of sp³-hybridized carbons (Fsp3) is 0.517. The molecule has 2 aromatic rings. The van der Waals surface area contributed by atoms with Crippen molar-refractivity contribution in [2.45, 2.75) is 51.4 Å². The van der Waals surface area contributed by atoms with Gasteiger partial charge in [0, 0.05) is 60.2 Å². The molecule has 314 valence electrons. The molecule has 1 amide bonds. The number of phosphoric acid groups is 2. The van der Waals surface area contributed by atoms with Gasteiger partial charge in [0.25, 0.3) is 21.6 Å². The Morgan fingerprint density at radius 2 is 1.13 bits per heavy atom. The highest BCUT2D eigenvalue weighted by atomic mass is 32.2. The van der Waals surface area contributed by atoms with Crippen LogP contribution in [-0.4, -0.2) is 87.7 Å². The Balaban J connectivity index is -0.000000762. The number of carbonyl (C=O) groups excluding carboxylic acids is 1. The van der Waals surface area contributed by atoms with E-state index in [9.17, 15) is 50.4 Å². The molecule has 25 heteroatoms. The number of amides is 1. The maximum Gasteiger partial charge on any atom is 0.335 e. The molecular weight excluding hydrogens is 805 g/mol. The molecule has 0 aliphatic heterocycles. The van der Waals surface area contributed by atoms with Gasteiger partial charge in [-0.3, -0.25) is 26.7 Å². The Morgan fingerprint density at radius 1 is 0.759 bits per heavy atom. The number of carboxylic acid groups (broad SMARTS) is 1. The summed E-state index contributed by atoms with van der Waals surface area (Å²) in [5.41, 5.74) is 12.8. The Kier molecular flexibility index (Phi) is 33.2. The molecule has 0 fully saturated rings. The molecule has 0 aliphatic rings. The van der Waals surface area contributed by atoms with Crippen LogP contribution in [0.1, 0.15) is 73.5 Å². The van der Waals surface area contributed by atoms with Gasteiger partial charge >= 0.3 is 5.97 Å². The second-order valence-electron chi connectivity index (χ2n) is 9.93. The van der Waals surface area contributed by atoms with Gasteiger partial charge < -0.3 is 68.1 Å². The number of carboxylic acids is 1. The summed E-state index contributed by atoms with van der Waals surface area (Å²) in [4.78, 5) is 43.9. The van der Waals surface area contributed by atoms with Crippen LogP contribution in [-0.2, 0) is 49.8 Å². The van der Waals surface area contributed by atoms with Crippen molar-refractivity contribution in [2.24, 2.45) is 5.73 Å². The molecule has 4 unspecified atom stereocenters. The smallest absolute Gasteiger partial charge is 0.335 e. The van der Waals surface area contributed by atoms with E-state index in [-0.39, 0.29) is 24.7 Å². The Morgan fingerprint density at radius 3 is 1.48 bits per heavy atom. The molecule has 0 heterocycles. The van der Waals surface area contributed by atoms with Gasteiger partial charge in [-0.15, -0.1) is 0 Å². The lowest BCUT2D eigenvalue weighted by Crippen LogP contribution is -2.24. The van der Waals surface area contributed by atoms with Crippen LogP contribution >= 0.6 is 15.6 Å². The van der Waals surface area contributed by atoms with Gasteiger partial charge in [0.05, 0.1) is 26.0 Å². The molecule has 54 heavy (non-hydrogen) atoms. The highest BCUT2D eigenvalue weighted by molar-refractivity contribution is 7.80. The van der Waals surface area contributed by atoms with Crippen LogP contribution in [0.25, 0.3) is 0 Å². The topological polar surface area (TPSA) is 345 Å². The average molecular weight is 856 g/mol. The zero-order chi connectivity index (χ0) is 42.7. The Hall–Kier alpha value is -2.73. The summed E-state index contributed by atoms with van der Waals surface area (Å²) in [5.74, 6) is -1.29. The zero-order valence-electron chi connectivity index (χ0n) is 30.9. The number of benzene rings is 2. The average Bonchev–Trinajstić information content (AvgIpc) is 3.16. The van der Waals surface area contributed by atoms with E-state index < -0.39 is 44.1 Å². The first-order valence-corrected chi connectivity index (χ1v) is 20.7. The summed E-state index contributed by atoms with van der Waals surface area (Å²) >= 11 is -4.78. The fourth-order valence-corrected chi connectivity index (χ4v) is 5.08. The molecule has 0 saturated carbocycles. The van der Waals surface area contributed by atoms with Crippen LogP contribution in [0.4, 0.5) is 15.8 Å². The zero-order valence-corrected chi connectivity index (χ0v) is 33.3. The number of hydrogen-bond acceptors (Lipinski definition) is 15. The third-order valence-corrected chi connectivity index (χ3v) is 8.78. The number of rotatable bonds is 23. The molecule has 4 atom stereocenters. The Bertz CT molecular complexity index is 1440. The Labute approximate surface area is 320 Å². The molecule has 0 radical (unpaired) electrons. The number of nitrogens with one attached hydrogen (secondary N) is 3. The normalized spacial score (nSPS) is 13.6. The van der Waals surface area contributed by atoms with E-state index in [4.69, 9.17) is 17.7 Å². The highest BCUT2D eigenvalue weighted by Gasteiger charge is 2.07. The summed E-state index contributed by atoms with van der Waals surface area (Å²) in [7, 11) is -5.51. The van der Waals surface area contributed by atoms with E-state index in [0.29, 0.717) is 43.6 Å². The number of nitrogens with two attached hydrogens (primary N) is 1. The van der Waals surface area contributed by atoms with Crippen molar-refractivity contribution in [2.75, 3.05) is 57.1 Å². The number of alkyl halides is 1. The summed E-state index contributed by atoms with van der Waals surface area (Å²) in [6, 6.07) is 11.4. The van der Waals surface area contributed by atoms with Crippen LogP contribution < -0.4 is 30.3 Å². The van der Waals surface area contributed by atoms with Gasteiger partial charge in [-0.25, -0.2) is 4.79 Å². The number of aromatic carboxylic acids is 1. The second kappa shape index (κ2) is 33.6. The van der Waals surface area contributed by atoms with E-state index >= 15 is 0 Å². The van der Waals surface area contributed by atoms with Crippen molar-refractivity contribution in [1.82, 2.24) is 5.32 Å². The highest BCUT2D eigenvalue weighted by Crippen LogP contribution is 2.37. The number of phosphoric ester groups is 2. The van der Waals surface area contributed by atoms with Gasteiger partial charge in [-0.2, -0.15) is 0 Å². The second-order valence-corrected chi connectivity index (χ2v) is 14.3. The maximum atomic E-state index is 11.9. The minimum absolute atomic E-state index is 0.0789. The predicted octanol–water partition coefficient (Wildman–Crippen LogP) is 2.30. The summed E-state index contributed by atoms with van der Waals surface area (Å²) < 4.78 is 98.8. The number of carbonyl (C=O) groups is 2. The standard InChI is InChI=1S/C14H23N2O7PS.C7H18NO4P.C7H7NO4S.CH3F.H2O/c1-22-24(18,19)23-11-5-3-2-4-10-15-14(17)12-6-8-13(9-7-12)16-25(20)21;1-11-13(9,10)12-7-5-3-2-4-6-8;9-7(10)5-1-3-6(4-2-5)8-13(11)12;1-2;/h6-9,16H,2-5,10-11H2,1H3,(H,15,17)(H,18,19)(H,20,21);2-8H2,1H3,(H,9,10);1-4,8H,(H,9,10)(H,11,12);1H3;1H2/p-4/i/hD. The monoisotopic (exact) mass is 855 g/mol. The van der Waals surface area contributed by atoms with Crippen molar-refractivity contribution in [3.63, 3.8) is 0 Å². The van der Waals surface area contributed by atoms with Crippen LogP contribution in [0.5, 0.6) is 0 Å². The van der Waals surface area contributed by atoms with Crippen molar-refractivity contribution in [3.8, 4) is 0 Å². The minimum atomic E-state index is -4.14. The van der Waals surface area contributed by atoms with Gasteiger partial charge in [-0.05, 0) is 80.8 Å². The summed E-state index contributed by atoms with van der Waals surface area (Å²) in [6.45, 7) is 1.44. The van der Waals surface area contributed by atoms with Crippen LogP contribution in [0.3, 0.4) is 0 Å². The fourth-order valence-electron chi connectivity index (χ4n) is 3.51. The van der Waals surface area contributed by atoms with E-state index in [1.165, 1.54) is 48.5 Å². The number of unbranched alkanes of at least 4 members (excludes halogenated alkanes) is 6. The predicted molar refractivity (Wildman–Crippen MR) is 195 cm³/mol. The number of anilines is 2. The minimum Gasteiger partial charge on any atom is -0.756 e. The molecule has 20 nitrogen and oxygen atoms in total. The van der Waals surface area contributed by atoms with Gasteiger partial charge in [0.2, 0.25) is 1.43 Å². The van der Waals surface area contributed by atoms with E-state index in [0.717, 1.165) is 59.2 Å². The summed E-state index contributed by atoms with van der Waals surface area (Å²) in [6.07, 6.45) is 6.55. The molecule has 0 bridgehead atoms. The first-order chi connectivity index (χ1) is 26.1. The molecule has 2 rings (SSSR count). The molecule has 0 saturated heterocycles. The van der Waals surface area contributed by atoms with Crippen LogP contribution in [0.15, 0.2) is 48.5 Å². The van der Waals surface area contributed by atoms with Crippen molar-refractivity contribution >= 4 is 61.4 Å². The first kappa shape index (κ1) is 53.4. The maximum absolute atomic E-state index is 11.9. The number of halogens is 1. The van der Waals surface area contributed by atoms with Gasteiger partial charge in [0.1, 0.15) is 0 Å². The molecule has 0 aliphatic carbocycles. The van der Waals surface area contributed by atoms with E-state index in [1.807, 2.05) is 0 Å². The largest absolute Gasteiger partial charge is 0.756 e. The van der Waals surface area contributed by atoms with Crippen molar-refractivity contribution in [3.05, 3.63) is 59.7 Å². The van der Waals surface area contributed by atoms with Gasteiger partial charge in [-0.1, -0.05) is 25.7 Å². The quantitative estimate of drug-likeness (QED) is 0.0608. The molecule has 0 aromatic heterocycles. The van der Waals surface area contributed by atoms with Crippen molar-refractivity contribution in [1.29, 1.82) is 0 Å². The summed E-state index contributed by atoms with van der Waals surface area (Å²) in [5, 5.41) is 11.3. The van der Waals surface area contributed by atoms with Gasteiger partial charge in [0.15, 0.2) is 0 Å². The lowest BCUT2D eigenvalue weighted by Gasteiger charge is -2.19. The molecule has 0 spiro atoms. The molecular formula is C29H49FN4O16P2S2-4. The van der Waals surface area contributed by atoms with Crippen LogP contribution in [0.2, 0.25) is 0 Å². The van der Waals surface area contributed by atoms with Crippen molar-refractivity contribution < 1.29 is 80.5 Å². The molecule has 2 aromatic carbocycles. The molecule has 8 N–H and O–H groups in total. The van der Waals surface area contributed by atoms with E-state index in [1.54, 1.807) is 0 Å². The third-order valence-electron chi connectivity index (χ3n) is 6.08.